The molecule has 0 aliphatic carbocycles. The second-order valence-electron chi connectivity index (χ2n) is 5.20. The van der Waals surface area contributed by atoms with Crippen molar-refractivity contribution in [1.29, 1.82) is 0 Å². The highest BCUT2D eigenvalue weighted by atomic mass is 16.2. The molecule has 9 heteroatoms. The van der Waals surface area contributed by atoms with Crippen molar-refractivity contribution < 1.29 is 19.2 Å². The lowest BCUT2D eigenvalue weighted by Crippen LogP contribution is -2.74. The smallest absolute Gasteiger partial charge is 0.231 e. The number of piperidine rings is 1. The quantitative estimate of drug-likeness (QED) is 0.551. The molecule has 4 amide bonds. The summed E-state index contributed by atoms with van der Waals surface area (Å²) in [5, 5.41) is 8.80. The van der Waals surface area contributed by atoms with E-state index in [9.17, 15) is 19.2 Å². The molecule has 0 aromatic heterocycles. The number of hydrogen-bond acceptors (Lipinski definition) is 7. The number of carbonyl (C=O) groups excluding carboxylic acids is 4. The molecule has 2 unspecified atom stereocenters. The SMILES string of the molecule is CCC(=O)N(C(C)=O)C1NCNC(N2C(=O)CCCC2=O)N1. The van der Waals surface area contributed by atoms with Gasteiger partial charge in [-0.15, -0.1) is 0 Å². The van der Waals surface area contributed by atoms with Gasteiger partial charge >= 0.3 is 0 Å². The van der Waals surface area contributed by atoms with E-state index >= 15 is 0 Å². The molecule has 0 aromatic rings. The van der Waals surface area contributed by atoms with Crippen LogP contribution in [-0.4, -0.2) is 52.7 Å². The third kappa shape index (κ3) is 3.32. The number of likely N-dealkylation sites (tertiary alicyclic amines) is 1. The van der Waals surface area contributed by atoms with E-state index in [2.05, 4.69) is 16.0 Å². The molecule has 2 aliphatic rings. The molecule has 0 aromatic carbocycles. The van der Waals surface area contributed by atoms with E-state index in [0.29, 0.717) is 19.3 Å². The summed E-state index contributed by atoms with van der Waals surface area (Å²) < 4.78 is 0. The van der Waals surface area contributed by atoms with Gasteiger partial charge in [-0.25, -0.2) is 0 Å². The van der Waals surface area contributed by atoms with Crippen LogP contribution in [0.25, 0.3) is 0 Å². The van der Waals surface area contributed by atoms with Crippen LogP contribution in [0.15, 0.2) is 0 Å². The van der Waals surface area contributed by atoms with Crippen molar-refractivity contribution in [2.24, 2.45) is 0 Å². The standard InChI is InChI=1S/C13H21N5O4/c1-3-9(20)17(8(2)19)12-14-7-15-13(16-12)18-10(21)5-4-6-11(18)22/h12-16H,3-7H2,1-2H3. The maximum Gasteiger partial charge on any atom is 0.231 e. The minimum atomic E-state index is -0.765. The molecular weight excluding hydrogens is 290 g/mol. The summed E-state index contributed by atoms with van der Waals surface area (Å²) in [6.45, 7) is 3.21. The van der Waals surface area contributed by atoms with Crippen LogP contribution in [0.2, 0.25) is 0 Å². The minimum Gasteiger partial charge on any atom is -0.275 e. The number of rotatable bonds is 3. The normalized spacial score (nSPS) is 26.0. The summed E-state index contributed by atoms with van der Waals surface area (Å²) in [5.41, 5.74) is 0. The zero-order chi connectivity index (χ0) is 16.3. The van der Waals surface area contributed by atoms with E-state index in [0.717, 1.165) is 9.80 Å². The monoisotopic (exact) mass is 311 g/mol. The van der Waals surface area contributed by atoms with Crippen molar-refractivity contribution in [2.75, 3.05) is 6.67 Å². The van der Waals surface area contributed by atoms with Gasteiger partial charge in [0.15, 0.2) is 0 Å². The number of carbonyl (C=O) groups is 4. The Morgan fingerprint density at radius 2 is 1.86 bits per heavy atom. The van der Waals surface area contributed by atoms with Crippen molar-refractivity contribution >= 4 is 23.6 Å². The molecule has 9 nitrogen and oxygen atoms in total. The van der Waals surface area contributed by atoms with Crippen LogP contribution in [0.1, 0.15) is 39.5 Å². The summed E-state index contributed by atoms with van der Waals surface area (Å²) in [7, 11) is 0. The van der Waals surface area contributed by atoms with Gasteiger partial charge < -0.3 is 0 Å². The van der Waals surface area contributed by atoms with E-state index in [1.165, 1.54) is 6.92 Å². The fourth-order valence-electron chi connectivity index (χ4n) is 2.58. The van der Waals surface area contributed by atoms with Gasteiger partial charge in [0.25, 0.3) is 0 Å². The first-order chi connectivity index (χ1) is 10.5. The Kier molecular flexibility index (Phi) is 5.22. The van der Waals surface area contributed by atoms with E-state index in [1.54, 1.807) is 6.92 Å². The van der Waals surface area contributed by atoms with Crippen LogP contribution in [0.4, 0.5) is 0 Å². The van der Waals surface area contributed by atoms with Crippen LogP contribution in [0.5, 0.6) is 0 Å². The first-order valence-electron chi connectivity index (χ1n) is 7.36. The predicted molar refractivity (Wildman–Crippen MR) is 75.4 cm³/mol. The molecule has 22 heavy (non-hydrogen) atoms. The Balaban J connectivity index is 2.13. The summed E-state index contributed by atoms with van der Waals surface area (Å²) in [6.07, 6.45) is -0.144. The van der Waals surface area contributed by atoms with Gasteiger partial charge in [-0.1, -0.05) is 6.92 Å². The molecule has 2 heterocycles. The summed E-state index contributed by atoms with van der Waals surface area (Å²) in [5.74, 6) is -1.28. The molecule has 2 rings (SSSR count). The van der Waals surface area contributed by atoms with E-state index in [1.807, 2.05) is 0 Å². The molecule has 0 radical (unpaired) electrons. The van der Waals surface area contributed by atoms with Crippen LogP contribution < -0.4 is 16.0 Å². The fourth-order valence-corrected chi connectivity index (χ4v) is 2.58. The molecule has 0 spiro atoms. The molecule has 0 saturated carbocycles. The maximum absolute atomic E-state index is 12.0. The number of amides is 4. The van der Waals surface area contributed by atoms with Crippen molar-refractivity contribution in [1.82, 2.24) is 25.8 Å². The molecule has 122 valence electrons. The van der Waals surface area contributed by atoms with E-state index in [-0.39, 0.29) is 30.8 Å². The number of nitrogens with zero attached hydrogens (tertiary/aromatic N) is 2. The minimum absolute atomic E-state index is 0.180. The first-order valence-corrected chi connectivity index (χ1v) is 7.36. The Bertz CT molecular complexity index is 460. The maximum atomic E-state index is 12.0. The van der Waals surface area contributed by atoms with E-state index in [4.69, 9.17) is 0 Å². The third-order valence-corrected chi connectivity index (χ3v) is 3.65. The first kappa shape index (κ1) is 16.5. The highest BCUT2D eigenvalue weighted by molar-refractivity contribution is 5.98. The van der Waals surface area contributed by atoms with Crippen molar-refractivity contribution in [3.05, 3.63) is 0 Å². The number of hydrogen-bond donors (Lipinski definition) is 3. The molecule has 0 bridgehead atoms. The van der Waals surface area contributed by atoms with Crippen LogP contribution in [-0.2, 0) is 19.2 Å². The molecule has 2 atom stereocenters. The molecule has 2 fully saturated rings. The molecular formula is C13H21N5O4. The topological polar surface area (TPSA) is 111 Å². The zero-order valence-corrected chi connectivity index (χ0v) is 12.7. The second kappa shape index (κ2) is 6.95. The Labute approximate surface area is 128 Å². The van der Waals surface area contributed by atoms with Crippen molar-refractivity contribution in [3.63, 3.8) is 0 Å². The lowest BCUT2D eigenvalue weighted by molar-refractivity contribution is -0.156. The molecule has 2 saturated heterocycles. The van der Waals surface area contributed by atoms with Crippen LogP contribution in [0, 0.1) is 0 Å². The second-order valence-corrected chi connectivity index (χ2v) is 5.20. The number of nitrogens with one attached hydrogen (secondary N) is 3. The zero-order valence-electron chi connectivity index (χ0n) is 12.7. The van der Waals surface area contributed by atoms with Gasteiger partial charge in [-0.2, -0.15) is 0 Å². The Morgan fingerprint density at radius 3 is 2.41 bits per heavy atom. The Hall–Kier alpha value is -1.84. The van der Waals surface area contributed by atoms with Gasteiger partial charge in [0, 0.05) is 26.2 Å². The summed E-state index contributed by atoms with van der Waals surface area (Å²) >= 11 is 0. The Morgan fingerprint density at radius 1 is 1.23 bits per heavy atom. The van der Waals surface area contributed by atoms with Gasteiger partial charge in [0.05, 0.1) is 6.67 Å². The predicted octanol–water partition coefficient (Wildman–Crippen LogP) is -1.38. The third-order valence-electron chi connectivity index (χ3n) is 3.65. The van der Waals surface area contributed by atoms with E-state index < -0.39 is 18.5 Å². The molecule has 2 aliphatic heterocycles. The van der Waals surface area contributed by atoms with Gasteiger partial charge in [-0.3, -0.25) is 44.9 Å². The lowest BCUT2D eigenvalue weighted by atomic mass is 10.1. The average Bonchev–Trinajstić information content (AvgIpc) is 2.47. The van der Waals surface area contributed by atoms with Gasteiger partial charge in [0.1, 0.15) is 12.6 Å². The van der Waals surface area contributed by atoms with Crippen molar-refractivity contribution in [3.8, 4) is 0 Å². The van der Waals surface area contributed by atoms with Gasteiger partial charge in [0.2, 0.25) is 23.6 Å². The van der Waals surface area contributed by atoms with Crippen molar-refractivity contribution in [2.45, 2.75) is 52.1 Å². The highest BCUT2D eigenvalue weighted by Gasteiger charge is 2.38. The lowest BCUT2D eigenvalue weighted by Gasteiger charge is -2.42. The molecule has 3 N–H and O–H groups in total. The van der Waals surface area contributed by atoms with Crippen LogP contribution >= 0.6 is 0 Å². The summed E-state index contributed by atoms with van der Waals surface area (Å²) in [6, 6.07) is 0. The highest BCUT2D eigenvalue weighted by Crippen LogP contribution is 2.15. The van der Waals surface area contributed by atoms with Crippen LogP contribution in [0.3, 0.4) is 0 Å². The average molecular weight is 311 g/mol. The largest absolute Gasteiger partial charge is 0.275 e. The van der Waals surface area contributed by atoms with Gasteiger partial charge in [-0.05, 0) is 6.42 Å². The number of imide groups is 2. The fraction of sp³-hybridized carbons (Fsp3) is 0.692. The summed E-state index contributed by atoms with van der Waals surface area (Å²) in [4.78, 5) is 49.8.